The number of nitrogens with zero attached hydrogens (tertiary/aromatic N) is 2. The second-order valence-corrected chi connectivity index (χ2v) is 8.63. The Morgan fingerprint density at radius 3 is 2.67 bits per heavy atom. The number of rotatable bonds is 5. The molecule has 6 heteroatoms. The second kappa shape index (κ2) is 8.44. The number of anilines is 2. The highest BCUT2D eigenvalue weighted by Gasteiger charge is 2.12. The van der Waals surface area contributed by atoms with E-state index in [1.165, 1.54) is 16.0 Å². The summed E-state index contributed by atoms with van der Waals surface area (Å²) in [5.41, 5.74) is 5.40. The second-order valence-electron chi connectivity index (χ2n) is 7.58. The van der Waals surface area contributed by atoms with Gasteiger partial charge in [-0.1, -0.05) is 30.3 Å². The summed E-state index contributed by atoms with van der Waals surface area (Å²) in [5.74, 6) is 0.248. The van der Waals surface area contributed by atoms with Gasteiger partial charge in [0.1, 0.15) is 5.75 Å². The maximum atomic E-state index is 9.73. The topological polar surface area (TPSA) is 60.4 Å². The molecule has 5 rings (SSSR count). The minimum atomic E-state index is 0.248. The average Bonchev–Trinajstić information content (AvgIpc) is 3.21. The number of aromatic hydroxyl groups is 1. The van der Waals surface area contributed by atoms with Crippen LogP contribution < -0.4 is 10.6 Å². The molecule has 0 radical (unpaired) electrons. The van der Waals surface area contributed by atoms with Gasteiger partial charge < -0.3 is 15.7 Å². The lowest BCUT2D eigenvalue weighted by atomic mass is 10.1. The fourth-order valence-electron chi connectivity index (χ4n) is 3.82. The van der Waals surface area contributed by atoms with Gasteiger partial charge in [0.2, 0.25) is 0 Å². The fraction of sp³-hybridized carbons (Fsp3) is 0.208. The van der Waals surface area contributed by atoms with Crippen LogP contribution in [0.3, 0.4) is 0 Å². The van der Waals surface area contributed by atoms with E-state index in [1.54, 1.807) is 23.5 Å². The van der Waals surface area contributed by atoms with Gasteiger partial charge >= 0.3 is 0 Å². The Hall–Kier alpha value is -2.93. The summed E-state index contributed by atoms with van der Waals surface area (Å²) in [5, 5.41) is 16.5. The molecule has 2 aromatic heterocycles. The van der Waals surface area contributed by atoms with Crippen molar-refractivity contribution in [1.82, 2.24) is 15.2 Å². The quantitative estimate of drug-likeness (QED) is 0.436. The number of piperazine rings is 1. The number of benzene rings is 2. The number of thiophene rings is 1. The van der Waals surface area contributed by atoms with Crippen molar-refractivity contribution < 1.29 is 5.11 Å². The molecular weight excluding hydrogens is 392 g/mol. The Bertz CT molecular complexity index is 1150. The first kappa shape index (κ1) is 19.1. The van der Waals surface area contributed by atoms with Crippen LogP contribution in [0.25, 0.3) is 20.7 Å². The predicted molar refractivity (Wildman–Crippen MR) is 125 cm³/mol. The van der Waals surface area contributed by atoms with E-state index in [0.717, 1.165) is 54.3 Å². The zero-order chi connectivity index (χ0) is 20.3. The Balaban J connectivity index is 1.38. The highest BCUT2D eigenvalue weighted by Crippen LogP contribution is 2.37. The summed E-state index contributed by atoms with van der Waals surface area (Å²) in [6.07, 6.45) is 1.82. The summed E-state index contributed by atoms with van der Waals surface area (Å²) in [6.45, 7) is 5.38. The summed E-state index contributed by atoms with van der Waals surface area (Å²) < 4.78 is 1.11. The lowest BCUT2D eigenvalue weighted by Gasteiger charge is -2.27. The molecule has 1 fully saturated rings. The van der Waals surface area contributed by atoms with E-state index in [2.05, 4.69) is 50.8 Å². The summed E-state index contributed by atoms with van der Waals surface area (Å²) in [6, 6.07) is 20.2. The van der Waals surface area contributed by atoms with Gasteiger partial charge in [0.05, 0.1) is 15.9 Å². The molecule has 1 saturated heterocycles. The van der Waals surface area contributed by atoms with E-state index < -0.39 is 0 Å². The fourth-order valence-corrected chi connectivity index (χ4v) is 4.91. The Kier molecular flexibility index (Phi) is 5.36. The highest BCUT2D eigenvalue weighted by molar-refractivity contribution is 7.22. The van der Waals surface area contributed by atoms with Gasteiger partial charge in [-0.2, -0.15) is 0 Å². The molecule has 30 heavy (non-hydrogen) atoms. The van der Waals surface area contributed by atoms with Crippen LogP contribution >= 0.6 is 11.3 Å². The molecule has 0 bridgehead atoms. The van der Waals surface area contributed by atoms with Crippen LogP contribution in [0.1, 0.15) is 5.56 Å². The van der Waals surface area contributed by atoms with Crippen molar-refractivity contribution in [1.29, 1.82) is 0 Å². The standard InChI is InChI=1S/C24H24N4OS/c29-20-3-1-2-19(14-20)27-21-8-9-26-22-15-23(30-24(21)22)18-6-4-17(5-7-18)16-28-12-10-25-11-13-28/h1-9,14-15,25,29H,10-13,16H2,(H,26,27). The average molecular weight is 417 g/mol. The molecule has 0 atom stereocenters. The molecule has 3 N–H and O–H groups in total. The van der Waals surface area contributed by atoms with Gasteiger partial charge in [-0.25, -0.2) is 0 Å². The lowest BCUT2D eigenvalue weighted by molar-refractivity contribution is 0.233. The van der Waals surface area contributed by atoms with Crippen LogP contribution in [-0.4, -0.2) is 41.2 Å². The zero-order valence-electron chi connectivity index (χ0n) is 16.6. The zero-order valence-corrected chi connectivity index (χ0v) is 17.5. The van der Waals surface area contributed by atoms with Crippen molar-refractivity contribution in [2.45, 2.75) is 6.54 Å². The normalized spacial score (nSPS) is 14.8. The number of phenolic OH excluding ortho intramolecular Hbond substituents is 1. The summed E-state index contributed by atoms with van der Waals surface area (Å²) in [7, 11) is 0. The first-order valence-electron chi connectivity index (χ1n) is 10.2. The Labute approximate surface area is 180 Å². The van der Waals surface area contributed by atoms with E-state index in [9.17, 15) is 5.11 Å². The summed E-state index contributed by atoms with van der Waals surface area (Å²) in [4.78, 5) is 8.25. The molecule has 0 amide bonds. The number of phenols is 1. The number of hydrogen-bond acceptors (Lipinski definition) is 6. The van der Waals surface area contributed by atoms with Crippen molar-refractivity contribution in [3.63, 3.8) is 0 Å². The monoisotopic (exact) mass is 416 g/mol. The molecule has 0 unspecified atom stereocenters. The third kappa shape index (κ3) is 4.16. The SMILES string of the molecule is Oc1cccc(Nc2ccnc3cc(-c4ccc(CN5CCNCC5)cc4)sc23)c1. The van der Waals surface area contributed by atoms with Gasteiger partial charge in [-0.3, -0.25) is 9.88 Å². The van der Waals surface area contributed by atoms with E-state index in [1.807, 2.05) is 24.4 Å². The third-order valence-corrected chi connectivity index (χ3v) is 6.60. The first-order valence-corrected chi connectivity index (χ1v) is 11.0. The van der Waals surface area contributed by atoms with Crippen molar-refractivity contribution in [2.75, 3.05) is 31.5 Å². The summed E-state index contributed by atoms with van der Waals surface area (Å²) >= 11 is 1.74. The largest absolute Gasteiger partial charge is 0.508 e. The maximum Gasteiger partial charge on any atom is 0.117 e. The van der Waals surface area contributed by atoms with Crippen molar-refractivity contribution >= 4 is 32.9 Å². The van der Waals surface area contributed by atoms with E-state index in [4.69, 9.17) is 0 Å². The maximum absolute atomic E-state index is 9.73. The molecule has 4 aromatic rings. The van der Waals surface area contributed by atoms with Crippen LogP contribution in [-0.2, 0) is 6.54 Å². The van der Waals surface area contributed by atoms with Gasteiger partial charge in [0.25, 0.3) is 0 Å². The molecule has 1 aliphatic heterocycles. The van der Waals surface area contributed by atoms with Crippen molar-refractivity contribution in [2.24, 2.45) is 0 Å². The van der Waals surface area contributed by atoms with Gasteiger partial charge in [0, 0.05) is 55.6 Å². The van der Waals surface area contributed by atoms with Gasteiger partial charge in [-0.05, 0) is 35.4 Å². The third-order valence-electron chi connectivity index (χ3n) is 5.39. The minimum absolute atomic E-state index is 0.248. The lowest BCUT2D eigenvalue weighted by Crippen LogP contribution is -2.42. The van der Waals surface area contributed by atoms with E-state index in [-0.39, 0.29) is 5.75 Å². The van der Waals surface area contributed by atoms with Crippen molar-refractivity contribution in [3.05, 3.63) is 72.4 Å². The van der Waals surface area contributed by atoms with Crippen LogP contribution in [0.15, 0.2) is 66.9 Å². The Morgan fingerprint density at radius 1 is 1.03 bits per heavy atom. The number of nitrogens with one attached hydrogen (secondary N) is 2. The molecule has 1 aliphatic rings. The molecule has 3 heterocycles. The Morgan fingerprint density at radius 2 is 1.87 bits per heavy atom. The van der Waals surface area contributed by atoms with Crippen LogP contribution in [0, 0.1) is 0 Å². The predicted octanol–water partition coefficient (Wildman–Crippen LogP) is 4.82. The number of hydrogen-bond donors (Lipinski definition) is 3. The number of aromatic nitrogens is 1. The highest BCUT2D eigenvalue weighted by atomic mass is 32.1. The van der Waals surface area contributed by atoms with E-state index in [0.29, 0.717) is 0 Å². The van der Waals surface area contributed by atoms with Crippen LogP contribution in [0.4, 0.5) is 11.4 Å². The molecule has 0 spiro atoms. The smallest absolute Gasteiger partial charge is 0.117 e. The van der Waals surface area contributed by atoms with Gasteiger partial charge in [-0.15, -0.1) is 11.3 Å². The molecule has 2 aromatic carbocycles. The van der Waals surface area contributed by atoms with Gasteiger partial charge in [0.15, 0.2) is 0 Å². The number of pyridine rings is 1. The molecule has 5 nitrogen and oxygen atoms in total. The van der Waals surface area contributed by atoms with Crippen molar-refractivity contribution in [3.8, 4) is 16.2 Å². The minimum Gasteiger partial charge on any atom is -0.508 e. The van der Waals surface area contributed by atoms with E-state index >= 15 is 0 Å². The molecular formula is C24H24N4OS. The molecule has 152 valence electrons. The molecule has 0 saturated carbocycles. The van der Waals surface area contributed by atoms with Crippen LogP contribution in [0.2, 0.25) is 0 Å². The molecule has 0 aliphatic carbocycles. The van der Waals surface area contributed by atoms with Crippen LogP contribution in [0.5, 0.6) is 5.75 Å². The first-order chi connectivity index (χ1) is 14.7. The number of fused-ring (bicyclic) bond motifs is 1.